The molecule has 1 N–H and O–H groups in total. The fourth-order valence-corrected chi connectivity index (χ4v) is 3.99. The standard InChI is InChI=1S/C15H28N2O/c1-2-9-16-13(5-1)6-4-10-17-11-12-18-15-8-3-7-14(15)17/h13-16H,1-12H2. The van der Waals surface area contributed by atoms with Crippen LogP contribution in [0.1, 0.15) is 51.4 Å². The van der Waals surface area contributed by atoms with E-state index >= 15 is 0 Å². The molecule has 3 heteroatoms. The summed E-state index contributed by atoms with van der Waals surface area (Å²) in [6.45, 7) is 4.66. The number of morpholine rings is 1. The lowest BCUT2D eigenvalue weighted by Crippen LogP contribution is -2.49. The van der Waals surface area contributed by atoms with Crippen LogP contribution < -0.4 is 5.32 Å². The Morgan fingerprint density at radius 2 is 2.11 bits per heavy atom. The van der Waals surface area contributed by atoms with Crippen molar-refractivity contribution < 1.29 is 4.74 Å². The van der Waals surface area contributed by atoms with Gasteiger partial charge in [0.05, 0.1) is 12.7 Å². The second kappa shape index (κ2) is 6.36. The van der Waals surface area contributed by atoms with Crippen LogP contribution >= 0.6 is 0 Å². The summed E-state index contributed by atoms with van der Waals surface area (Å²) in [6, 6.07) is 1.55. The zero-order chi connectivity index (χ0) is 12.2. The van der Waals surface area contributed by atoms with Crippen LogP contribution in [0.2, 0.25) is 0 Å². The molecule has 3 nitrogen and oxygen atoms in total. The summed E-state index contributed by atoms with van der Waals surface area (Å²) in [5.41, 5.74) is 0. The third-order valence-corrected chi connectivity index (χ3v) is 5.01. The maximum absolute atomic E-state index is 5.87. The normalized spacial score (nSPS) is 37.7. The summed E-state index contributed by atoms with van der Waals surface area (Å²) in [4.78, 5) is 2.71. The molecule has 1 saturated carbocycles. The average molecular weight is 252 g/mol. The smallest absolute Gasteiger partial charge is 0.0730 e. The Kier molecular flexibility index (Phi) is 4.55. The van der Waals surface area contributed by atoms with Crippen molar-refractivity contribution in [3.05, 3.63) is 0 Å². The second-order valence-corrected chi connectivity index (χ2v) is 6.23. The first-order valence-corrected chi connectivity index (χ1v) is 8.02. The molecule has 0 bridgehead atoms. The Morgan fingerprint density at radius 1 is 1.11 bits per heavy atom. The number of ether oxygens (including phenoxy) is 1. The fourth-order valence-electron chi connectivity index (χ4n) is 3.99. The van der Waals surface area contributed by atoms with E-state index in [1.165, 1.54) is 71.0 Å². The van der Waals surface area contributed by atoms with Crippen LogP contribution in [0.4, 0.5) is 0 Å². The van der Waals surface area contributed by atoms with Crippen molar-refractivity contribution in [1.29, 1.82) is 0 Å². The molecule has 3 fully saturated rings. The number of rotatable bonds is 4. The van der Waals surface area contributed by atoms with Crippen molar-refractivity contribution in [3.8, 4) is 0 Å². The highest BCUT2D eigenvalue weighted by Crippen LogP contribution is 2.29. The Balaban J connectivity index is 1.39. The molecule has 0 aromatic carbocycles. The van der Waals surface area contributed by atoms with Gasteiger partial charge in [0.15, 0.2) is 0 Å². The van der Waals surface area contributed by atoms with Gasteiger partial charge in [0.25, 0.3) is 0 Å². The lowest BCUT2D eigenvalue weighted by Gasteiger charge is -2.38. The van der Waals surface area contributed by atoms with Crippen LogP contribution in [0.3, 0.4) is 0 Å². The van der Waals surface area contributed by atoms with Gasteiger partial charge >= 0.3 is 0 Å². The zero-order valence-corrected chi connectivity index (χ0v) is 11.6. The van der Waals surface area contributed by atoms with Gasteiger partial charge in [0, 0.05) is 18.6 Å². The lowest BCUT2D eigenvalue weighted by atomic mass is 10.00. The first-order valence-electron chi connectivity index (χ1n) is 8.02. The molecule has 2 aliphatic heterocycles. The Labute approximate surface area is 111 Å². The van der Waals surface area contributed by atoms with Crippen LogP contribution in [0.15, 0.2) is 0 Å². The summed E-state index contributed by atoms with van der Waals surface area (Å²) in [5, 5.41) is 3.66. The van der Waals surface area contributed by atoms with Crippen molar-refractivity contribution in [2.24, 2.45) is 0 Å². The van der Waals surface area contributed by atoms with Crippen molar-refractivity contribution in [2.45, 2.75) is 69.6 Å². The van der Waals surface area contributed by atoms with E-state index in [1.54, 1.807) is 0 Å². The van der Waals surface area contributed by atoms with Crippen LogP contribution in [0.25, 0.3) is 0 Å². The van der Waals surface area contributed by atoms with E-state index in [2.05, 4.69) is 10.2 Å². The number of nitrogens with zero attached hydrogens (tertiary/aromatic N) is 1. The number of hydrogen-bond donors (Lipinski definition) is 1. The van der Waals surface area contributed by atoms with Crippen LogP contribution in [-0.2, 0) is 4.74 Å². The first-order chi connectivity index (χ1) is 8.93. The third-order valence-electron chi connectivity index (χ3n) is 5.01. The SMILES string of the molecule is C1CCC(CCCN2CCOC3CCCC32)NC1. The molecule has 18 heavy (non-hydrogen) atoms. The molecule has 2 saturated heterocycles. The summed E-state index contributed by atoms with van der Waals surface area (Å²) in [7, 11) is 0. The molecule has 0 aromatic heterocycles. The Bertz CT molecular complexity index is 253. The monoisotopic (exact) mass is 252 g/mol. The molecule has 0 spiro atoms. The molecule has 3 rings (SSSR count). The average Bonchev–Trinajstić information content (AvgIpc) is 2.89. The summed E-state index contributed by atoms with van der Waals surface area (Å²) in [5.74, 6) is 0. The predicted octanol–water partition coefficient (Wildman–Crippen LogP) is 2.16. The molecule has 3 unspecified atom stereocenters. The molecule has 3 aliphatic rings. The Morgan fingerprint density at radius 3 is 3.00 bits per heavy atom. The van der Waals surface area contributed by atoms with Gasteiger partial charge in [-0.3, -0.25) is 4.90 Å². The summed E-state index contributed by atoms with van der Waals surface area (Å²) >= 11 is 0. The summed E-state index contributed by atoms with van der Waals surface area (Å²) in [6.07, 6.45) is 11.5. The summed E-state index contributed by atoms with van der Waals surface area (Å²) < 4.78 is 5.87. The fraction of sp³-hybridized carbons (Fsp3) is 1.00. The predicted molar refractivity (Wildman–Crippen MR) is 73.8 cm³/mol. The molecule has 0 radical (unpaired) electrons. The van der Waals surface area contributed by atoms with Crippen molar-refractivity contribution in [3.63, 3.8) is 0 Å². The van der Waals surface area contributed by atoms with Crippen molar-refractivity contribution in [1.82, 2.24) is 10.2 Å². The maximum Gasteiger partial charge on any atom is 0.0730 e. The van der Waals surface area contributed by atoms with Crippen molar-refractivity contribution >= 4 is 0 Å². The molecular formula is C15H28N2O. The molecule has 0 aromatic rings. The third kappa shape index (κ3) is 3.06. The van der Waals surface area contributed by atoms with E-state index in [0.717, 1.165) is 18.7 Å². The Hall–Kier alpha value is -0.120. The zero-order valence-electron chi connectivity index (χ0n) is 11.6. The minimum absolute atomic E-state index is 0.562. The quantitative estimate of drug-likeness (QED) is 0.830. The number of hydrogen-bond acceptors (Lipinski definition) is 3. The molecular weight excluding hydrogens is 224 g/mol. The molecule has 104 valence electrons. The largest absolute Gasteiger partial charge is 0.375 e. The van der Waals surface area contributed by atoms with E-state index in [-0.39, 0.29) is 0 Å². The highest BCUT2D eigenvalue weighted by Gasteiger charge is 2.35. The molecule has 2 heterocycles. The number of piperidine rings is 1. The second-order valence-electron chi connectivity index (χ2n) is 6.23. The van der Waals surface area contributed by atoms with Crippen LogP contribution in [0, 0.1) is 0 Å². The maximum atomic E-state index is 5.87. The van der Waals surface area contributed by atoms with Gasteiger partial charge in [-0.15, -0.1) is 0 Å². The highest BCUT2D eigenvalue weighted by atomic mass is 16.5. The van der Waals surface area contributed by atoms with Gasteiger partial charge < -0.3 is 10.1 Å². The molecule has 3 atom stereocenters. The van der Waals surface area contributed by atoms with Gasteiger partial charge in [0.2, 0.25) is 0 Å². The van der Waals surface area contributed by atoms with Crippen LogP contribution in [-0.4, -0.2) is 49.3 Å². The van der Waals surface area contributed by atoms with E-state index in [1.807, 2.05) is 0 Å². The van der Waals surface area contributed by atoms with Gasteiger partial charge in [-0.25, -0.2) is 0 Å². The minimum atomic E-state index is 0.562. The van der Waals surface area contributed by atoms with Crippen LogP contribution in [0.5, 0.6) is 0 Å². The van der Waals surface area contributed by atoms with E-state index in [0.29, 0.717) is 6.10 Å². The van der Waals surface area contributed by atoms with E-state index in [4.69, 9.17) is 4.74 Å². The first kappa shape index (κ1) is 12.9. The molecule has 1 aliphatic carbocycles. The topological polar surface area (TPSA) is 24.5 Å². The molecule has 0 amide bonds. The van der Waals surface area contributed by atoms with E-state index in [9.17, 15) is 0 Å². The highest BCUT2D eigenvalue weighted by molar-refractivity contribution is 4.89. The van der Waals surface area contributed by atoms with Gasteiger partial charge in [0.1, 0.15) is 0 Å². The van der Waals surface area contributed by atoms with Gasteiger partial charge in [-0.2, -0.15) is 0 Å². The number of fused-ring (bicyclic) bond motifs is 1. The van der Waals surface area contributed by atoms with Gasteiger partial charge in [-0.05, 0) is 58.0 Å². The van der Waals surface area contributed by atoms with E-state index < -0.39 is 0 Å². The van der Waals surface area contributed by atoms with Crippen molar-refractivity contribution in [2.75, 3.05) is 26.2 Å². The lowest BCUT2D eigenvalue weighted by molar-refractivity contribution is -0.0560. The van der Waals surface area contributed by atoms with Gasteiger partial charge in [-0.1, -0.05) is 6.42 Å². The minimum Gasteiger partial charge on any atom is -0.375 e. The number of nitrogens with one attached hydrogen (secondary N) is 1.